The van der Waals surface area contributed by atoms with Crippen LogP contribution in [-0.2, 0) is 16.1 Å². The lowest BCUT2D eigenvalue weighted by Crippen LogP contribution is -2.04. The van der Waals surface area contributed by atoms with E-state index in [4.69, 9.17) is 9.84 Å². The molecule has 0 saturated carbocycles. The lowest BCUT2D eigenvalue weighted by molar-refractivity contribution is -0.133. The van der Waals surface area contributed by atoms with E-state index < -0.39 is 5.97 Å². The van der Waals surface area contributed by atoms with Gasteiger partial charge < -0.3 is 9.84 Å². The van der Waals surface area contributed by atoms with Gasteiger partial charge in [0.25, 0.3) is 0 Å². The number of methoxy groups -OCH3 is 1. The van der Waals surface area contributed by atoms with E-state index in [1.165, 1.54) is 11.8 Å². The third-order valence-electron chi connectivity index (χ3n) is 2.71. The fraction of sp³-hybridized carbons (Fsp3) is 0.286. The Morgan fingerprint density at radius 2 is 2.20 bits per heavy atom. The summed E-state index contributed by atoms with van der Waals surface area (Å²) in [4.78, 5) is 10.7. The number of aryl methyl sites for hydroxylation is 1. The second-order valence-corrected chi connectivity index (χ2v) is 5.28. The number of rotatable bonds is 6. The summed E-state index contributed by atoms with van der Waals surface area (Å²) < 4.78 is 6.86. The minimum absolute atomic E-state index is 0.00396. The van der Waals surface area contributed by atoms with Crippen molar-refractivity contribution >= 4 is 17.7 Å². The maximum absolute atomic E-state index is 10.7. The Bertz CT molecular complexity index is 610. The van der Waals surface area contributed by atoms with Crippen LogP contribution in [0.5, 0.6) is 0 Å². The quantitative estimate of drug-likeness (QED) is 0.829. The molecule has 1 aromatic carbocycles. The highest BCUT2D eigenvalue weighted by Crippen LogP contribution is 2.25. The van der Waals surface area contributed by atoms with Gasteiger partial charge in [0.15, 0.2) is 0 Å². The van der Waals surface area contributed by atoms with Crippen LogP contribution >= 0.6 is 11.8 Å². The molecule has 1 heterocycles. The third kappa shape index (κ3) is 3.40. The lowest BCUT2D eigenvalue weighted by Gasteiger charge is -2.08. The number of para-hydroxylation sites is 1. The first kappa shape index (κ1) is 14.6. The Labute approximate surface area is 121 Å². The molecule has 0 radical (unpaired) electrons. The number of thioether (sulfide) groups is 1. The largest absolute Gasteiger partial charge is 0.481 e. The van der Waals surface area contributed by atoms with E-state index in [1.54, 1.807) is 11.8 Å². The summed E-state index contributed by atoms with van der Waals surface area (Å²) >= 11 is 1.25. The molecule has 2 rings (SSSR count). The van der Waals surface area contributed by atoms with E-state index >= 15 is 0 Å². The first-order chi connectivity index (χ1) is 9.61. The minimum atomic E-state index is -0.846. The van der Waals surface area contributed by atoms with E-state index in [9.17, 15) is 4.79 Å². The number of nitrogens with zero attached hydrogens (tertiary/aromatic N) is 2. The minimum Gasteiger partial charge on any atom is -0.481 e. The van der Waals surface area contributed by atoms with Crippen molar-refractivity contribution in [2.75, 3.05) is 12.9 Å². The topological polar surface area (TPSA) is 64.3 Å². The molecule has 0 aliphatic rings. The molecular formula is C14H16N2O3S. The fourth-order valence-corrected chi connectivity index (χ4v) is 2.59. The van der Waals surface area contributed by atoms with Crippen LogP contribution in [0.4, 0.5) is 0 Å². The number of ether oxygens (including phenoxy) is 1. The van der Waals surface area contributed by atoms with Crippen LogP contribution < -0.4 is 0 Å². The number of hydrogen-bond acceptors (Lipinski definition) is 4. The van der Waals surface area contributed by atoms with Crippen LogP contribution in [0.2, 0.25) is 0 Å². The number of aliphatic carboxylic acids is 1. The number of aromatic nitrogens is 2. The van der Waals surface area contributed by atoms with Crippen LogP contribution in [-0.4, -0.2) is 33.7 Å². The number of hydrogen-bond donors (Lipinski definition) is 1. The number of carboxylic acid groups (broad SMARTS) is 1. The zero-order valence-electron chi connectivity index (χ0n) is 11.4. The summed E-state index contributed by atoms with van der Waals surface area (Å²) in [5.74, 6) is -0.842. The van der Waals surface area contributed by atoms with Gasteiger partial charge in [0.2, 0.25) is 0 Å². The van der Waals surface area contributed by atoms with E-state index in [0.717, 1.165) is 22.0 Å². The molecule has 1 N–H and O–H groups in total. The summed E-state index contributed by atoms with van der Waals surface area (Å²) in [5.41, 5.74) is 2.81. The van der Waals surface area contributed by atoms with Gasteiger partial charge in [-0.2, -0.15) is 5.10 Å². The molecule has 1 aromatic heterocycles. The van der Waals surface area contributed by atoms with Crippen molar-refractivity contribution in [1.29, 1.82) is 0 Å². The van der Waals surface area contributed by atoms with Gasteiger partial charge in [0.1, 0.15) is 5.03 Å². The predicted octanol–water partition coefficient (Wildman–Crippen LogP) is 2.50. The van der Waals surface area contributed by atoms with Crippen LogP contribution in [0.1, 0.15) is 11.3 Å². The molecule has 20 heavy (non-hydrogen) atoms. The number of carboxylic acids is 1. The molecular weight excluding hydrogens is 276 g/mol. The highest BCUT2D eigenvalue weighted by molar-refractivity contribution is 7.99. The maximum atomic E-state index is 10.7. The summed E-state index contributed by atoms with van der Waals surface area (Å²) in [6.07, 6.45) is 0. The van der Waals surface area contributed by atoms with Crippen molar-refractivity contribution in [3.63, 3.8) is 0 Å². The molecule has 5 nitrogen and oxygen atoms in total. The SMILES string of the molecule is COCc1cc(SCC(=O)O)n(-c2ccccc2C)n1. The first-order valence-electron chi connectivity index (χ1n) is 6.10. The molecule has 6 heteroatoms. The molecule has 0 bridgehead atoms. The van der Waals surface area contributed by atoms with Gasteiger partial charge in [-0.15, -0.1) is 0 Å². The predicted molar refractivity (Wildman–Crippen MR) is 77.4 cm³/mol. The lowest BCUT2D eigenvalue weighted by atomic mass is 10.2. The van der Waals surface area contributed by atoms with E-state index in [2.05, 4.69) is 5.10 Å². The van der Waals surface area contributed by atoms with Crippen molar-refractivity contribution < 1.29 is 14.6 Å². The van der Waals surface area contributed by atoms with Crippen molar-refractivity contribution in [2.24, 2.45) is 0 Å². The molecule has 106 valence electrons. The Hall–Kier alpha value is -1.79. The standard InChI is InChI=1S/C14H16N2O3S/c1-10-5-3-4-6-12(10)16-13(20-9-14(17)18)7-11(15-16)8-19-2/h3-7H,8-9H2,1-2H3,(H,17,18). The average molecular weight is 292 g/mol. The van der Waals surface area contributed by atoms with Crippen molar-refractivity contribution in [3.05, 3.63) is 41.6 Å². The van der Waals surface area contributed by atoms with Crippen molar-refractivity contribution in [1.82, 2.24) is 9.78 Å². The molecule has 0 aliphatic heterocycles. The van der Waals surface area contributed by atoms with Crippen LogP contribution in [0.3, 0.4) is 0 Å². The normalized spacial score (nSPS) is 10.7. The van der Waals surface area contributed by atoms with Crippen LogP contribution in [0.25, 0.3) is 5.69 Å². The average Bonchev–Trinajstić information content (AvgIpc) is 2.80. The molecule has 0 unspecified atom stereocenters. The first-order valence-corrected chi connectivity index (χ1v) is 7.09. The van der Waals surface area contributed by atoms with E-state index in [-0.39, 0.29) is 5.75 Å². The molecule has 0 spiro atoms. The monoisotopic (exact) mass is 292 g/mol. The van der Waals surface area contributed by atoms with Gasteiger partial charge >= 0.3 is 5.97 Å². The summed E-state index contributed by atoms with van der Waals surface area (Å²) in [5, 5.41) is 14.1. The maximum Gasteiger partial charge on any atom is 0.313 e. The zero-order valence-corrected chi connectivity index (χ0v) is 12.2. The molecule has 0 atom stereocenters. The van der Waals surface area contributed by atoms with Crippen LogP contribution in [0, 0.1) is 6.92 Å². The highest BCUT2D eigenvalue weighted by Gasteiger charge is 2.13. The van der Waals surface area contributed by atoms with Gasteiger partial charge in [0.05, 0.1) is 23.7 Å². The second kappa shape index (κ2) is 6.58. The number of carbonyl (C=O) groups is 1. The summed E-state index contributed by atoms with van der Waals surface area (Å²) in [6, 6.07) is 9.72. The Kier molecular flexibility index (Phi) is 4.81. The third-order valence-corrected chi connectivity index (χ3v) is 3.68. The van der Waals surface area contributed by atoms with E-state index in [1.807, 2.05) is 37.3 Å². The molecule has 0 saturated heterocycles. The Balaban J connectivity index is 2.39. The molecule has 0 fully saturated rings. The van der Waals surface area contributed by atoms with Gasteiger partial charge in [-0.25, -0.2) is 4.68 Å². The molecule has 0 amide bonds. The molecule has 2 aromatic rings. The van der Waals surface area contributed by atoms with Gasteiger partial charge in [0, 0.05) is 7.11 Å². The number of benzene rings is 1. The fourth-order valence-electron chi connectivity index (χ4n) is 1.84. The highest BCUT2D eigenvalue weighted by atomic mass is 32.2. The second-order valence-electron chi connectivity index (χ2n) is 4.29. The zero-order chi connectivity index (χ0) is 14.5. The Morgan fingerprint density at radius 3 is 2.85 bits per heavy atom. The van der Waals surface area contributed by atoms with E-state index in [0.29, 0.717) is 6.61 Å². The van der Waals surface area contributed by atoms with Crippen LogP contribution in [0.15, 0.2) is 35.4 Å². The van der Waals surface area contributed by atoms with Gasteiger partial charge in [-0.05, 0) is 24.6 Å². The smallest absolute Gasteiger partial charge is 0.313 e. The summed E-state index contributed by atoms with van der Waals surface area (Å²) in [7, 11) is 1.61. The molecule has 0 aliphatic carbocycles. The van der Waals surface area contributed by atoms with Gasteiger partial charge in [-0.3, -0.25) is 4.79 Å². The van der Waals surface area contributed by atoms with Crippen molar-refractivity contribution in [2.45, 2.75) is 18.6 Å². The van der Waals surface area contributed by atoms with Gasteiger partial charge in [-0.1, -0.05) is 30.0 Å². The Morgan fingerprint density at radius 1 is 1.45 bits per heavy atom. The summed E-state index contributed by atoms with van der Waals surface area (Å²) in [6.45, 7) is 2.40. The van der Waals surface area contributed by atoms with Crippen molar-refractivity contribution in [3.8, 4) is 5.69 Å².